The zero-order valence-corrected chi connectivity index (χ0v) is 24.4. The minimum absolute atomic E-state index is 0.119. The van der Waals surface area contributed by atoms with Crippen LogP contribution in [0.5, 0.6) is 11.5 Å². The second-order valence-corrected chi connectivity index (χ2v) is 10.4. The monoisotopic (exact) mass is 574 g/mol. The van der Waals surface area contributed by atoms with Crippen LogP contribution in [0, 0.1) is 0 Å². The van der Waals surface area contributed by atoms with Gasteiger partial charge in [0.05, 0.1) is 5.41 Å². The smallest absolute Gasteiger partial charge is 0.333 e. The van der Waals surface area contributed by atoms with Gasteiger partial charge in [0.25, 0.3) is 0 Å². The van der Waals surface area contributed by atoms with E-state index in [9.17, 15) is 9.59 Å². The third kappa shape index (κ3) is 5.95. The Morgan fingerprint density at radius 1 is 0.581 bits per heavy atom. The van der Waals surface area contributed by atoms with Crippen LogP contribution in [-0.2, 0) is 24.5 Å². The molecule has 4 aromatic rings. The van der Waals surface area contributed by atoms with Gasteiger partial charge in [-0.05, 0) is 71.5 Å². The number of hydrogen-bond donors (Lipinski definition) is 0. The molecule has 1 aliphatic rings. The summed E-state index contributed by atoms with van der Waals surface area (Å²) in [5.41, 5.74) is 6.70. The summed E-state index contributed by atoms with van der Waals surface area (Å²) < 4.78 is 22.5. The number of ether oxygens (including phenoxy) is 4. The highest BCUT2D eigenvalue weighted by atomic mass is 16.6. The summed E-state index contributed by atoms with van der Waals surface area (Å²) in [4.78, 5) is 23.5. The number of carbonyl (C=O) groups is 2. The largest absolute Gasteiger partial charge is 0.490 e. The molecule has 0 unspecified atom stereocenters. The molecule has 0 N–H and O–H groups in total. The van der Waals surface area contributed by atoms with Gasteiger partial charge >= 0.3 is 11.9 Å². The lowest BCUT2D eigenvalue weighted by Gasteiger charge is -2.34. The Morgan fingerprint density at radius 2 is 1.00 bits per heavy atom. The van der Waals surface area contributed by atoms with Crippen molar-refractivity contribution in [3.8, 4) is 22.6 Å². The molecule has 0 saturated carbocycles. The van der Waals surface area contributed by atoms with E-state index in [2.05, 4.69) is 73.8 Å². The van der Waals surface area contributed by atoms with Crippen molar-refractivity contribution < 1.29 is 28.5 Å². The van der Waals surface area contributed by atoms with E-state index < -0.39 is 17.4 Å². The Hall–Kier alpha value is -5.10. The average molecular weight is 575 g/mol. The first kappa shape index (κ1) is 29.4. The number of benzene rings is 4. The van der Waals surface area contributed by atoms with Crippen LogP contribution >= 0.6 is 0 Å². The maximum absolute atomic E-state index is 11.8. The Labute approximate surface area is 252 Å². The van der Waals surface area contributed by atoms with E-state index in [-0.39, 0.29) is 26.4 Å². The van der Waals surface area contributed by atoms with E-state index in [1.54, 1.807) is 13.8 Å². The van der Waals surface area contributed by atoms with Crippen molar-refractivity contribution in [2.75, 3.05) is 26.4 Å². The first-order valence-corrected chi connectivity index (χ1v) is 14.1. The van der Waals surface area contributed by atoms with E-state index in [0.29, 0.717) is 22.6 Å². The molecule has 218 valence electrons. The molecule has 1 aliphatic carbocycles. The molecule has 0 atom stereocenters. The van der Waals surface area contributed by atoms with Crippen LogP contribution in [0.1, 0.15) is 36.1 Å². The summed E-state index contributed by atoms with van der Waals surface area (Å²) in [7, 11) is 0. The Bertz CT molecular complexity index is 1560. The molecule has 0 aliphatic heterocycles. The van der Waals surface area contributed by atoms with Crippen LogP contribution in [0.2, 0.25) is 0 Å². The highest BCUT2D eigenvalue weighted by Gasteiger charge is 2.46. The molecule has 0 saturated heterocycles. The van der Waals surface area contributed by atoms with Gasteiger partial charge in [0.2, 0.25) is 0 Å². The van der Waals surface area contributed by atoms with Crippen LogP contribution < -0.4 is 9.47 Å². The normalized spacial score (nSPS) is 12.4. The predicted octanol–water partition coefficient (Wildman–Crippen LogP) is 7.05. The van der Waals surface area contributed by atoms with Gasteiger partial charge in [-0.1, -0.05) is 86.0 Å². The van der Waals surface area contributed by atoms with Crippen molar-refractivity contribution in [1.82, 2.24) is 0 Å². The number of rotatable bonds is 12. The Morgan fingerprint density at radius 3 is 1.42 bits per heavy atom. The van der Waals surface area contributed by atoms with Gasteiger partial charge in [-0.2, -0.15) is 0 Å². The molecule has 0 radical (unpaired) electrons. The predicted molar refractivity (Wildman–Crippen MR) is 166 cm³/mol. The molecule has 0 amide bonds. The second kappa shape index (κ2) is 12.8. The fraction of sp³-hybridized carbons (Fsp3) is 0.189. The van der Waals surface area contributed by atoms with Crippen molar-refractivity contribution >= 4 is 11.9 Å². The first-order valence-electron chi connectivity index (χ1n) is 14.1. The molecular weight excluding hydrogens is 540 g/mol. The fourth-order valence-corrected chi connectivity index (χ4v) is 5.50. The topological polar surface area (TPSA) is 71.1 Å². The minimum atomic E-state index is -0.662. The van der Waals surface area contributed by atoms with Gasteiger partial charge in [-0.15, -0.1) is 0 Å². The molecule has 43 heavy (non-hydrogen) atoms. The van der Waals surface area contributed by atoms with Crippen molar-refractivity contribution in [1.29, 1.82) is 0 Å². The lowest BCUT2D eigenvalue weighted by Crippen LogP contribution is -2.28. The highest BCUT2D eigenvalue weighted by molar-refractivity contribution is 5.88. The molecule has 0 heterocycles. The molecule has 0 aromatic heterocycles. The van der Waals surface area contributed by atoms with E-state index in [0.717, 1.165) is 33.4 Å². The summed E-state index contributed by atoms with van der Waals surface area (Å²) >= 11 is 0. The maximum atomic E-state index is 11.8. The van der Waals surface area contributed by atoms with Crippen molar-refractivity contribution in [2.45, 2.75) is 19.3 Å². The number of fused-ring (bicyclic) bond motifs is 3. The Kier molecular flexibility index (Phi) is 8.77. The molecule has 6 heteroatoms. The first-order chi connectivity index (χ1) is 20.8. The molecule has 0 bridgehead atoms. The van der Waals surface area contributed by atoms with Crippen molar-refractivity contribution in [2.24, 2.45) is 0 Å². The van der Waals surface area contributed by atoms with Gasteiger partial charge < -0.3 is 18.9 Å². The molecule has 4 aromatic carbocycles. The summed E-state index contributed by atoms with van der Waals surface area (Å²) in [6, 6.07) is 33.0. The molecule has 0 spiro atoms. The second-order valence-electron chi connectivity index (χ2n) is 10.4. The number of esters is 2. The van der Waals surface area contributed by atoms with Crippen LogP contribution in [0.15, 0.2) is 121 Å². The summed E-state index contributed by atoms with van der Waals surface area (Å²) in [6.45, 7) is 11.1. The van der Waals surface area contributed by atoms with Crippen molar-refractivity contribution in [3.63, 3.8) is 0 Å². The van der Waals surface area contributed by atoms with Crippen LogP contribution in [0.3, 0.4) is 0 Å². The van der Waals surface area contributed by atoms with Gasteiger partial charge in [-0.3, -0.25) is 0 Å². The number of hydrogen-bond acceptors (Lipinski definition) is 6. The highest BCUT2D eigenvalue weighted by Crippen LogP contribution is 2.56. The SMILES string of the molecule is C=C(C)C(=O)OCCOc1cccc(C2(c3cccc(OCCOC(=O)C(=C)C)c3)c3ccccc3-c3ccccc32)c1. The van der Waals surface area contributed by atoms with Crippen LogP contribution in [0.25, 0.3) is 11.1 Å². The van der Waals surface area contributed by atoms with Gasteiger partial charge in [-0.25, -0.2) is 9.59 Å². The summed E-state index contributed by atoms with van der Waals surface area (Å²) in [5, 5.41) is 0. The lowest BCUT2D eigenvalue weighted by molar-refractivity contribution is -0.140. The fourth-order valence-electron chi connectivity index (χ4n) is 5.50. The summed E-state index contributed by atoms with van der Waals surface area (Å²) in [6.07, 6.45) is 0. The average Bonchev–Trinajstić information content (AvgIpc) is 3.32. The van der Waals surface area contributed by atoms with E-state index in [1.807, 2.05) is 36.4 Å². The van der Waals surface area contributed by atoms with Gasteiger partial charge in [0.15, 0.2) is 0 Å². The molecule has 6 nitrogen and oxygen atoms in total. The summed E-state index contributed by atoms with van der Waals surface area (Å²) in [5.74, 6) is 0.451. The van der Waals surface area contributed by atoms with Crippen LogP contribution in [0.4, 0.5) is 0 Å². The van der Waals surface area contributed by atoms with E-state index in [4.69, 9.17) is 18.9 Å². The molecular formula is C37H34O6. The lowest BCUT2D eigenvalue weighted by atomic mass is 9.67. The molecule has 0 fully saturated rings. The zero-order chi connectivity index (χ0) is 30.4. The minimum Gasteiger partial charge on any atom is -0.490 e. The Balaban J connectivity index is 1.53. The zero-order valence-electron chi connectivity index (χ0n) is 24.4. The van der Waals surface area contributed by atoms with Crippen LogP contribution in [-0.4, -0.2) is 38.4 Å². The molecule has 5 rings (SSSR count). The van der Waals surface area contributed by atoms with E-state index >= 15 is 0 Å². The standard InChI is InChI=1S/C37H34O6/c1-25(2)35(38)42-21-19-40-29-13-9-11-27(23-29)37(33-17-7-5-15-31(33)32-16-6-8-18-34(32)37)28-12-10-14-30(24-28)41-20-22-43-36(39)26(3)4/h5-18,23-24H,1,3,19-22H2,2,4H3. The third-order valence-corrected chi connectivity index (χ3v) is 7.35. The van der Waals surface area contributed by atoms with Gasteiger partial charge in [0.1, 0.15) is 37.9 Å². The van der Waals surface area contributed by atoms with Gasteiger partial charge in [0, 0.05) is 11.1 Å². The number of carbonyl (C=O) groups excluding carboxylic acids is 2. The quantitative estimate of drug-likeness (QED) is 0.0904. The van der Waals surface area contributed by atoms with Crippen molar-refractivity contribution in [3.05, 3.63) is 144 Å². The maximum Gasteiger partial charge on any atom is 0.333 e. The van der Waals surface area contributed by atoms with E-state index in [1.165, 1.54) is 0 Å². The third-order valence-electron chi connectivity index (χ3n) is 7.35.